The number of H-pyrrole nitrogens is 1. The summed E-state index contributed by atoms with van der Waals surface area (Å²) < 4.78 is 85.5. The lowest BCUT2D eigenvalue weighted by Gasteiger charge is -2.14. The van der Waals surface area contributed by atoms with E-state index in [1.807, 2.05) is 0 Å². The van der Waals surface area contributed by atoms with Crippen LogP contribution in [-0.4, -0.2) is 25.7 Å². The van der Waals surface area contributed by atoms with E-state index in [4.69, 9.17) is 4.42 Å². The fourth-order valence-electron chi connectivity index (χ4n) is 3.18. The van der Waals surface area contributed by atoms with E-state index in [0.717, 1.165) is 4.68 Å². The smallest absolute Gasteiger partial charge is 0.416 e. The molecule has 0 saturated heterocycles. The maximum Gasteiger partial charge on any atom is 0.416 e. The molecule has 0 fully saturated rings. The van der Waals surface area contributed by atoms with Gasteiger partial charge in [-0.25, -0.2) is 4.98 Å². The van der Waals surface area contributed by atoms with Crippen molar-refractivity contribution in [1.82, 2.24) is 19.7 Å². The molecule has 0 atom stereocenters. The second-order valence-corrected chi connectivity index (χ2v) is 7.65. The standard InChI is InChI=1S/C22H15F6N5O3/c1-10-11(2)29-20(31-18(10)34)33-17(9-15(32-33)16-4-3-5-36-16)30-19(35)12-6-13(21(23,24)25)8-14(7-12)22(26,27)28/h3-9H,1-2H3,(H,30,35)(H,29,31,34). The molecule has 0 aliphatic heterocycles. The summed E-state index contributed by atoms with van der Waals surface area (Å²) in [4.78, 5) is 31.7. The minimum Gasteiger partial charge on any atom is -0.463 e. The zero-order valence-electron chi connectivity index (χ0n) is 18.4. The molecule has 4 aromatic rings. The van der Waals surface area contributed by atoms with Gasteiger partial charge in [-0.15, -0.1) is 0 Å². The third kappa shape index (κ3) is 4.87. The van der Waals surface area contributed by atoms with Crippen LogP contribution in [0.5, 0.6) is 0 Å². The lowest BCUT2D eigenvalue weighted by Crippen LogP contribution is -2.21. The van der Waals surface area contributed by atoms with Crippen molar-refractivity contribution in [3.63, 3.8) is 0 Å². The molecule has 0 radical (unpaired) electrons. The van der Waals surface area contributed by atoms with Gasteiger partial charge in [0, 0.05) is 22.9 Å². The first-order valence-corrected chi connectivity index (χ1v) is 10.1. The van der Waals surface area contributed by atoms with Crippen LogP contribution in [0.1, 0.15) is 32.7 Å². The number of halogens is 6. The van der Waals surface area contributed by atoms with Crippen LogP contribution in [0.4, 0.5) is 32.2 Å². The van der Waals surface area contributed by atoms with Gasteiger partial charge in [-0.05, 0) is 44.2 Å². The number of carbonyl (C=O) groups excluding carboxylic acids is 1. The molecule has 0 spiro atoms. The summed E-state index contributed by atoms with van der Waals surface area (Å²) >= 11 is 0. The van der Waals surface area contributed by atoms with E-state index in [2.05, 4.69) is 20.4 Å². The molecule has 2 N–H and O–H groups in total. The first-order valence-electron chi connectivity index (χ1n) is 10.1. The molecule has 0 aliphatic rings. The van der Waals surface area contributed by atoms with Gasteiger partial charge in [-0.3, -0.25) is 14.6 Å². The van der Waals surface area contributed by atoms with E-state index in [1.165, 1.54) is 25.3 Å². The van der Waals surface area contributed by atoms with Crippen LogP contribution in [0.15, 0.2) is 51.9 Å². The largest absolute Gasteiger partial charge is 0.463 e. The molecule has 14 heteroatoms. The van der Waals surface area contributed by atoms with Gasteiger partial charge < -0.3 is 9.73 Å². The highest BCUT2D eigenvalue weighted by molar-refractivity contribution is 6.04. The maximum atomic E-state index is 13.2. The highest BCUT2D eigenvalue weighted by Crippen LogP contribution is 2.36. The van der Waals surface area contributed by atoms with Crippen molar-refractivity contribution >= 4 is 11.7 Å². The van der Waals surface area contributed by atoms with E-state index in [1.54, 1.807) is 13.0 Å². The number of alkyl halides is 6. The predicted molar refractivity (Wildman–Crippen MR) is 114 cm³/mol. The molecule has 3 heterocycles. The molecule has 8 nitrogen and oxygen atoms in total. The third-order valence-corrected chi connectivity index (χ3v) is 5.16. The third-order valence-electron chi connectivity index (χ3n) is 5.16. The Hall–Kier alpha value is -4.36. The molecule has 3 aromatic heterocycles. The first kappa shape index (κ1) is 24.8. The van der Waals surface area contributed by atoms with Crippen LogP contribution in [0.3, 0.4) is 0 Å². The van der Waals surface area contributed by atoms with Gasteiger partial charge in [0.15, 0.2) is 5.76 Å². The average Bonchev–Trinajstić information content (AvgIpc) is 3.46. The number of benzene rings is 1. The lowest BCUT2D eigenvalue weighted by atomic mass is 10.0. The Kier molecular flexibility index (Phi) is 5.98. The summed E-state index contributed by atoms with van der Waals surface area (Å²) in [7, 11) is 0. The van der Waals surface area contributed by atoms with Crippen molar-refractivity contribution in [3.8, 4) is 17.4 Å². The number of hydrogen-bond acceptors (Lipinski definition) is 5. The van der Waals surface area contributed by atoms with E-state index in [-0.39, 0.29) is 29.3 Å². The Bertz CT molecular complexity index is 1470. The van der Waals surface area contributed by atoms with Crippen LogP contribution in [0, 0.1) is 13.8 Å². The normalized spacial score (nSPS) is 12.1. The number of hydrogen-bond donors (Lipinski definition) is 2. The van der Waals surface area contributed by atoms with Gasteiger partial charge in [-0.2, -0.15) is 36.1 Å². The molecular formula is C22H15F6N5O3. The van der Waals surface area contributed by atoms with E-state index in [9.17, 15) is 35.9 Å². The Morgan fingerprint density at radius 1 is 1.03 bits per heavy atom. The monoisotopic (exact) mass is 511 g/mol. The minimum absolute atomic E-state index is 0.0836. The molecule has 0 unspecified atom stereocenters. The Morgan fingerprint density at radius 3 is 2.19 bits per heavy atom. The summed E-state index contributed by atoms with van der Waals surface area (Å²) in [6.45, 7) is 3.07. The number of aromatic amines is 1. The molecule has 1 aromatic carbocycles. The molecule has 188 valence electrons. The van der Waals surface area contributed by atoms with Crippen molar-refractivity contribution in [2.24, 2.45) is 0 Å². The molecule has 36 heavy (non-hydrogen) atoms. The predicted octanol–water partition coefficient (Wildman–Crippen LogP) is 5.12. The second-order valence-electron chi connectivity index (χ2n) is 7.65. The Morgan fingerprint density at radius 2 is 1.67 bits per heavy atom. The number of amides is 1. The Labute approximate surface area is 197 Å². The topological polar surface area (TPSA) is 106 Å². The molecule has 1 amide bonds. The second kappa shape index (κ2) is 8.70. The van der Waals surface area contributed by atoms with Crippen molar-refractivity contribution in [1.29, 1.82) is 0 Å². The zero-order valence-corrected chi connectivity index (χ0v) is 18.4. The fraction of sp³-hybridized carbons (Fsp3) is 0.182. The van der Waals surface area contributed by atoms with Gasteiger partial charge in [0.2, 0.25) is 5.95 Å². The molecule has 4 rings (SSSR count). The average molecular weight is 511 g/mol. The number of rotatable bonds is 4. The minimum atomic E-state index is -5.13. The summed E-state index contributed by atoms with van der Waals surface area (Å²) in [6, 6.07) is 4.84. The number of furan rings is 1. The van der Waals surface area contributed by atoms with Crippen LogP contribution >= 0.6 is 0 Å². The molecular weight excluding hydrogens is 496 g/mol. The maximum absolute atomic E-state index is 13.2. The summed E-state index contributed by atoms with van der Waals surface area (Å²) in [5.74, 6) is -1.42. The highest BCUT2D eigenvalue weighted by atomic mass is 19.4. The van der Waals surface area contributed by atoms with Gasteiger partial charge in [-0.1, -0.05) is 0 Å². The van der Waals surface area contributed by atoms with Gasteiger partial charge in [0.1, 0.15) is 11.5 Å². The van der Waals surface area contributed by atoms with Gasteiger partial charge in [0.25, 0.3) is 11.5 Å². The van der Waals surface area contributed by atoms with E-state index < -0.39 is 40.5 Å². The van der Waals surface area contributed by atoms with Crippen molar-refractivity contribution in [2.75, 3.05) is 5.32 Å². The summed E-state index contributed by atoms with van der Waals surface area (Å²) in [5.41, 5.74) is -3.93. The van der Waals surface area contributed by atoms with Crippen molar-refractivity contribution in [2.45, 2.75) is 26.2 Å². The van der Waals surface area contributed by atoms with Gasteiger partial charge in [0.05, 0.1) is 17.4 Å². The Balaban J connectivity index is 1.81. The molecule has 0 aliphatic carbocycles. The summed E-state index contributed by atoms with van der Waals surface area (Å²) in [5, 5.41) is 6.45. The van der Waals surface area contributed by atoms with Crippen LogP contribution in [0.25, 0.3) is 17.4 Å². The molecule has 0 bridgehead atoms. The number of aryl methyl sites for hydroxylation is 1. The lowest BCUT2D eigenvalue weighted by molar-refractivity contribution is -0.143. The van der Waals surface area contributed by atoms with Crippen LogP contribution in [0.2, 0.25) is 0 Å². The number of nitrogens with zero attached hydrogens (tertiary/aromatic N) is 3. The summed E-state index contributed by atoms with van der Waals surface area (Å²) in [6.07, 6.45) is -8.93. The van der Waals surface area contributed by atoms with Gasteiger partial charge >= 0.3 is 12.4 Å². The zero-order chi connectivity index (χ0) is 26.4. The highest BCUT2D eigenvalue weighted by Gasteiger charge is 2.37. The van der Waals surface area contributed by atoms with Crippen molar-refractivity contribution < 1.29 is 35.6 Å². The van der Waals surface area contributed by atoms with Crippen LogP contribution < -0.4 is 10.9 Å². The van der Waals surface area contributed by atoms with Crippen molar-refractivity contribution in [3.05, 3.63) is 81.0 Å². The quantitative estimate of drug-likeness (QED) is 0.370. The number of nitrogens with one attached hydrogen (secondary N) is 2. The first-order chi connectivity index (χ1) is 16.7. The number of carbonyl (C=O) groups is 1. The van der Waals surface area contributed by atoms with E-state index >= 15 is 0 Å². The SMILES string of the molecule is Cc1nc(-n2nc(-c3ccco3)cc2NC(=O)c2cc(C(F)(F)F)cc(C(F)(F)F)c2)[nH]c(=O)c1C. The molecule has 0 saturated carbocycles. The number of anilines is 1. The van der Waals surface area contributed by atoms with Crippen LogP contribution in [-0.2, 0) is 12.4 Å². The number of aromatic nitrogens is 4. The van der Waals surface area contributed by atoms with E-state index in [0.29, 0.717) is 23.4 Å². The fourth-order valence-corrected chi connectivity index (χ4v) is 3.18.